The predicted molar refractivity (Wildman–Crippen MR) is 152 cm³/mol. The van der Waals surface area contributed by atoms with Crippen LogP contribution in [0.1, 0.15) is 48.9 Å². The zero-order valence-electron chi connectivity index (χ0n) is 23.3. The van der Waals surface area contributed by atoms with Crippen molar-refractivity contribution in [2.24, 2.45) is 4.99 Å². The Morgan fingerprint density at radius 3 is 2.40 bits per heavy atom. The first-order valence-electron chi connectivity index (χ1n) is 13.6. The van der Waals surface area contributed by atoms with Crippen LogP contribution in [0, 0.1) is 0 Å². The van der Waals surface area contributed by atoms with Gasteiger partial charge in [-0.05, 0) is 61.2 Å². The van der Waals surface area contributed by atoms with Crippen LogP contribution in [0.4, 0.5) is 18.0 Å². The Balaban J connectivity index is 1.55. The van der Waals surface area contributed by atoms with Crippen molar-refractivity contribution >= 4 is 23.3 Å². The van der Waals surface area contributed by atoms with Crippen LogP contribution in [0.25, 0.3) is 11.3 Å². The van der Waals surface area contributed by atoms with Crippen molar-refractivity contribution in [3.63, 3.8) is 0 Å². The number of aromatic nitrogens is 1. The lowest BCUT2D eigenvalue weighted by Gasteiger charge is -2.22. The molecule has 2 N–H and O–H groups in total. The van der Waals surface area contributed by atoms with Crippen molar-refractivity contribution in [2.45, 2.75) is 57.5 Å². The number of hydrogen-bond donors (Lipinski definition) is 2. The quantitative estimate of drug-likeness (QED) is 0.280. The highest BCUT2D eigenvalue weighted by Crippen LogP contribution is 2.28. The van der Waals surface area contributed by atoms with E-state index in [1.807, 2.05) is 0 Å². The summed E-state index contributed by atoms with van der Waals surface area (Å²) < 4.78 is 54.2. The van der Waals surface area contributed by atoms with Crippen LogP contribution in [0.2, 0.25) is 0 Å². The van der Waals surface area contributed by atoms with E-state index in [1.165, 1.54) is 56.2 Å². The van der Waals surface area contributed by atoms with Gasteiger partial charge in [-0.1, -0.05) is 19.3 Å². The van der Waals surface area contributed by atoms with Gasteiger partial charge in [-0.2, -0.15) is 4.99 Å². The molecule has 0 radical (unpaired) electrons. The second-order valence-electron chi connectivity index (χ2n) is 9.70. The van der Waals surface area contributed by atoms with E-state index >= 15 is 0 Å². The summed E-state index contributed by atoms with van der Waals surface area (Å²) in [6, 6.07) is 10.2. The molecule has 1 saturated carbocycles. The van der Waals surface area contributed by atoms with Crippen LogP contribution < -0.4 is 29.6 Å². The van der Waals surface area contributed by atoms with Gasteiger partial charge in [0.15, 0.2) is 4.80 Å². The molecule has 0 saturated heterocycles. The number of nitrogens with one attached hydrogen (secondary N) is 2. The largest absolute Gasteiger partial charge is 0.573 e. The molecular formula is C29H33F3N4O5S. The molecule has 3 aromatic rings. The number of rotatable bonds is 10. The Hall–Kier alpha value is -4.00. The number of benzene rings is 2. The maximum atomic E-state index is 13.2. The maximum Gasteiger partial charge on any atom is 0.573 e. The summed E-state index contributed by atoms with van der Waals surface area (Å²) >= 11 is 1.22. The molecule has 2 aromatic carbocycles. The third-order valence-corrected chi connectivity index (χ3v) is 7.67. The molecule has 0 aliphatic heterocycles. The fourth-order valence-electron chi connectivity index (χ4n) is 4.74. The van der Waals surface area contributed by atoms with E-state index in [2.05, 4.69) is 20.4 Å². The first kappa shape index (κ1) is 30.9. The van der Waals surface area contributed by atoms with Gasteiger partial charge in [-0.3, -0.25) is 4.79 Å². The molecule has 42 heavy (non-hydrogen) atoms. The lowest BCUT2D eigenvalue weighted by molar-refractivity contribution is -0.274. The molecular weight excluding hydrogens is 573 g/mol. The van der Waals surface area contributed by atoms with Crippen LogP contribution in [0.15, 0.2) is 52.8 Å². The van der Waals surface area contributed by atoms with Crippen LogP contribution in [0.3, 0.4) is 0 Å². The second-order valence-corrected chi connectivity index (χ2v) is 10.5. The van der Waals surface area contributed by atoms with E-state index in [-0.39, 0.29) is 23.4 Å². The van der Waals surface area contributed by atoms with Crippen LogP contribution >= 0.6 is 11.3 Å². The Kier molecular flexibility index (Phi) is 10.5. The van der Waals surface area contributed by atoms with Crippen molar-refractivity contribution < 1.29 is 37.0 Å². The van der Waals surface area contributed by atoms with Gasteiger partial charge in [-0.15, -0.1) is 24.5 Å². The minimum atomic E-state index is -4.80. The third-order valence-electron chi connectivity index (χ3n) is 6.80. The highest BCUT2D eigenvalue weighted by molar-refractivity contribution is 7.07. The second kappa shape index (κ2) is 14.3. The number of thiazole rings is 1. The van der Waals surface area contributed by atoms with Gasteiger partial charge in [0, 0.05) is 30.6 Å². The van der Waals surface area contributed by atoms with Crippen molar-refractivity contribution in [1.82, 2.24) is 15.2 Å². The number of ether oxygens (including phenoxy) is 3. The van der Waals surface area contributed by atoms with Gasteiger partial charge in [0.2, 0.25) is 0 Å². The fraction of sp³-hybridized carbons (Fsp3) is 0.414. The molecule has 0 bridgehead atoms. The maximum absolute atomic E-state index is 13.2. The molecule has 13 heteroatoms. The van der Waals surface area contributed by atoms with Gasteiger partial charge >= 0.3 is 12.4 Å². The number of alkyl halides is 3. The van der Waals surface area contributed by atoms with E-state index in [4.69, 9.17) is 9.47 Å². The number of halogens is 3. The minimum absolute atomic E-state index is 0.187. The summed E-state index contributed by atoms with van der Waals surface area (Å²) in [5.74, 6) is -0.0434. The first-order chi connectivity index (χ1) is 20.2. The number of carbonyl (C=O) groups is 2. The van der Waals surface area contributed by atoms with Gasteiger partial charge in [0.1, 0.15) is 17.2 Å². The SMILES string of the molecule is COc1ccc(C(=O)/N=c2\scc(-c3ccc(OC(F)(F)F)cc3)n2CCCNC(=O)NC2CCCCC2)c(OC)c1. The van der Waals surface area contributed by atoms with Crippen molar-refractivity contribution in [3.05, 3.63) is 58.2 Å². The van der Waals surface area contributed by atoms with E-state index in [0.29, 0.717) is 47.1 Å². The van der Waals surface area contributed by atoms with E-state index in [1.54, 1.807) is 28.1 Å². The van der Waals surface area contributed by atoms with Gasteiger partial charge < -0.3 is 29.4 Å². The summed E-state index contributed by atoms with van der Waals surface area (Å²) in [6.45, 7) is 0.758. The standard InChI is InChI=1S/C29H33F3N4O5S/c1-39-22-13-14-23(25(17-22)40-2)26(37)35-28-36(16-6-15-33-27(38)34-20-7-4-3-5-8-20)24(18-42-28)19-9-11-21(12-10-19)41-29(30,31)32/h9-14,17-18,20H,3-8,15-16H2,1-2H3,(H2,33,34,38)/b35-28-. The summed E-state index contributed by atoms with van der Waals surface area (Å²) in [4.78, 5) is 30.3. The average molecular weight is 607 g/mol. The van der Waals surface area contributed by atoms with Crippen molar-refractivity contribution in [2.75, 3.05) is 20.8 Å². The third kappa shape index (κ3) is 8.51. The molecule has 3 amide bonds. The molecule has 9 nitrogen and oxygen atoms in total. The summed E-state index contributed by atoms with van der Waals surface area (Å²) in [7, 11) is 2.95. The molecule has 1 aliphatic rings. The van der Waals surface area contributed by atoms with E-state index in [9.17, 15) is 22.8 Å². The summed E-state index contributed by atoms with van der Waals surface area (Å²) in [5, 5.41) is 7.68. The molecule has 1 heterocycles. The molecule has 0 spiro atoms. The van der Waals surface area contributed by atoms with Crippen molar-refractivity contribution in [1.29, 1.82) is 0 Å². The van der Waals surface area contributed by atoms with E-state index < -0.39 is 12.3 Å². The zero-order valence-corrected chi connectivity index (χ0v) is 24.1. The van der Waals surface area contributed by atoms with Crippen LogP contribution in [-0.2, 0) is 6.54 Å². The normalized spacial score (nSPS) is 14.4. The lowest BCUT2D eigenvalue weighted by atomic mass is 9.96. The Bertz CT molecular complexity index is 1430. The first-order valence-corrected chi connectivity index (χ1v) is 14.4. The minimum Gasteiger partial charge on any atom is -0.497 e. The summed E-state index contributed by atoms with van der Waals surface area (Å²) in [5.41, 5.74) is 1.51. The van der Waals surface area contributed by atoms with E-state index in [0.717, 1.165) is 25.7 Å². The number of hydrogen-bond acceptors (Lipinski definition) is 6. The Morgan fingerprint density at radius 2 is 1.74 bits per heavy atom. The van der Waals surface area contributed by atoms with Gasteiger partial charge in [-0.25, -0.2) is 4.79 Å². The van der Waals surface area contributed by atoms with Crippen molar-refractivity contribution in [3.8, 4) is 28.5 Å². The number of urea groups is 1. The number of amides is 3. The van der Waals surface area contributed by atoms with Gasteiger partial charge in [0.05, 0.1) is 25.5 Å². The number of carbonyl (C=O) groups excluding carboxylic acids is 2. The molecule has 0 unspecified atom stereocenters. The fourth-order valence-corrected chi connectivity index (χ4v) is 5.67. The smallest absolute Gasteiger partial charge is 0.497 e. The highest BCUT2D eigenvalue weighted by atomic mass is 32.1. The molecule has 4 rings (SSSR count). The van der Waals surface area contributed by atoms with Crippen LogP contribution in [-0.4, -0.2) is 49.7 Å². The molecule has 1 aromatic heterocycles. The number of nitrogens with zero attached hydrogens (tertiary/aromatic N) is 2. The van der Waals surface area contributed by atoms with Gasteiger partial charge in [0.25, 0.3) is 5.91 Å². The summed E-state index contributed by atoms with van der Waals surface area (Å²) in [6.07, 6.45) is 1.09. The molecule has 1 fully saturated rings. The number of methoxy groups -OCH3 is 2. The predicted octanol–water partition coefficient (Wildman–Crippen LogP) is 5.90. The monoisotopic (exact) mass is 606 g/mol. The molecule has 0 atom stereocenters. The lowest BCUT2D eigenvalue weighted by Crippen LogP contribution is -2.43. The Morgan fingerprint density at radius 1 is 1.02 bits per heavy atom. The zero-order chi connectivity index (χ0) is 30.1. The van der Waals surface area contributed by atoms with Crippen LogP contribution in [0.5, 0.6) is 17.2 Å². The molecule has 226 valence electrons. The average Bonchev–Trinajstić information content (AvgIpc) is 3.36. The Labute approximate surface area is 245 Å². The topological polar surface area (TPSA) is 103 Å². The molecule has 1 aliphatic carbocycles. The highest BCUT2D eigenvalue weighted by Gasteiger charge is 2.31.